The van der Waals surface area contributed by atoms with Gasteiger partial charge in [0.25, 0.3) is 5.56 Å². The molecule has 1 aliphatic rings. The van der Waals surface area contributed by atoms with Crippen LogP contribution < -0.4 is 15.2 Å². The number of methoxy groups -OCH3 is 1. The van der Waals surface area contributed by atoms with E-state index in [9.17, 15) is 14.4 Å². The van der Waals surface area contributed by atoms with E-state index in [2.05, 4.69) is 5.16 Å². The molecule has 1 saturated heterocycles. The number of benzene rings is 1. The van der Waals surface area contributed by atoms with E-state index in [0.717, 1.165) is 11.4 Å². The summed E-state index contributed by atoms with van der Waals surface area (Å²) in [7, 11) is 1.59. The van der Waals surface area contributed by atoms with Gasteiger partial charge in [0, 0.05) is 37.7 Å². The maximum Gasteiger partial charge on any atom is 0.280 e. The Kier molecular flexibility index (Phi) is 4.87. The summed E-state index contributed by atoms with van der Waals surface area (Å²) >= 11 is 0. The smallest absolute Gasteiger partial charge is 0.280 e. The van der Waals surface area contributed by atoms with Crippen LogP contribution in [0.1, 0.15) is 12.2 Å². The monoisotopic (exact) mass is 345 g/mol. The number of ether oxygens (including phenoxy) is 1. The first-order chi connectivity index (χ1) is 12.1. The van der Waals surface area contributed by atoms with Crippen molar-refractivity contribution in [3.8, 4) is 5.75 Å². The highest BCUT2D eigenvalue weighted by molar-refractivity contribution is 5.98. The van der Waals surface area contributed by atoms with Crippen LogP contribution in [0.4, 0.5) is 5.69 Å². The van der Waals surface area contributed by atoms with E-state index in [4.69, 9.17) is 9.26 Å². The third-order valence-corrected chi connectivity index (χ3v) is 4.12. The quantitative estimate of drug-likeness (QED) is 0.864. The van der Waals surface area contributed by atoms with E-state index in [1.807, 2.05) is 12.1 Å². The van der Waals surface area contributed by atoms with Crippen LogP contribution in [0.15, 0.2) is 39.6 Å². The van der Waals surface area contributed by atoms with Crippen LogP contribution in [0, 0.1) is 0 Å². The molecule has 132 valence electrons. The Morgan fingerprint density at radius 3 is 2.60 bits per heavy atom. The summed E-state index contributed by atoms with van der Waals surface area (Å²) in [6.45, 7) is 0.950. The molecule has 0 radical (unpaired) electrons. The summed E-state index contributed by atoms with van der Waals surface area (Å²) in [6, 6.07) is 8.56. The lowest BCUT2D eigenvalue weighted by Crippen LogP contribution is -2.52. The molecule has 1 aromatic carbocycles. The first-order valence-corrected chi connectivity index (χ1v) is 7.96. The topological polar surface area (TPSA) is 95.8 Å². The van der Waals surface area contributed by atoms with E-state index >= 15 is 0 Å². The summed E-state index contributed by atoms with van der Waals surface area (Å²) in [4.78, 5) is 38.8. The van der Waals surface area contributed by atoms with Gasteiger partial charge in [0.2, 0.25) is 11.8 Å². The standard InChI is InChI=1S/C17H19N3O5/c1-24-13-4-2-12(3-5-13)20-9-8-19(11-17(20)23)16(22)7-6-14-10-15(21)18-25-14/h2-5,10H,6-9,11H2,1H3,(H,18,21). The molecule has 8 nitrogen and oxygen atoms in total. The average molecular weight is 345 g/mol. The Balaban J connectivity index is 1.56. The lowest BCUT2D eigenvalue weighted by Gasteiger charge is -2.34. The van der Waals surface area contributed by atoms with Crippen molar-refractivity contribution < 1.29 is 18.8 Å². The lowest BCUT2D eigenvalue weighted by molar-refractivity contribution is -0.136. The maximum absolute atomic E-state index is 12.4. The summed E-state index contributed by atoms with van der Waals surface area (Å²) in [5.41, 5.74) is 0.456. The Bertz CT molecular complexity index is 808. The van der Waals surface area contributed by atoms with Crippen molar-refractivity contribution in [3.05, 3.63) is 46.4 Å². The number of carbonyl (C=O) groups is 2. The number of anilines is 1. The van der Waals surface area contributed by atoms with Gasteiger partial charge in [-0.15, -0.1) is 0 Å². The number of aromatic amines is 1. The number of hydrogen-bond acceptors (Lipinski definition) is 5. The fourth-order valence-electron chi connectivity index (χ4n) is 2.75. The highest BCUT2D eigenvalue weighted by Gasteiger charge is 2.27. The first-order valence-electron chi connectivity index (χ1n) is 7.96. The highest BCUT2D eigenvalue weighted by Crippen LogP contribution is 2.21. The Morgan fingerprint density at radius 1 is 1.24 bits per heavy atom. The summed E-state index contributed by atoms with van der Waals surface area (Å²) in [5, 5.41) is 2.19. The van der Waals surface area contributed by atoms with Crippen molar-refractivity contribution in [3.63, 3.8) is 0 Å². The van der Waals surface area contributed by atoms with Gasteiger partial charge in [-0.1, -0.05) is 0 Å². The third kappa shape index (κ3) is 3.90. The number of rotatable bonds is 5. The predicted molar refractivity (Wildman–Crippen MR) is 89.6 cm³/mol. The van der Waals surface area contributed by atoms with Gasteiger partial charge in [-0.2, -0.15) is 5.16 Å². The number of carbonyl (C=O) groups excluding carboxylic acids is 2. The van der Waals surface area contributed by atoms with E-state index < -0.39 is 0 Å². The van der Waals surface area contributed by atoms with Crippen molar-refractivity contribution >= 4 is 17.5 Å². The van der Waals surface area contributed by atoms with Crippen molar-refractivity contribution in [1.29, 1.82) is 0 Å². The average Bonchev–Trinajstić information content (AvgIpc) is 3.05. The zero-order valence-electron chi connectivity index (χ0n) is 13.9. The van der Waals surface area contributed by atoms with Gasteiger partial charge < -0.3 is 19.1 Å². The molecule has 1 aromatic heterocycles. The Morgan fingerprint density at radius 2 is 2.00 bits per heavy atom. The third-order valence-electron chi connectivity index (χ3n) is 4.12. The number of nitrogens with zero attached hydrogens (tertiary/aromatic N) is 2. The molecule has 2 heterocycles. The molecular weight excluding hydrogens is 326 g/mol. The summed E-state index contributed by atoms with van der Waals surface area (Å²) < 4.78 is 10.0. The van der Waals surface area contributed by atoms with Crippen molar-refractivity contribution in [2.24, 2.45) is 0 Å². The molecule has 0 atom stereocenters. The van der Waals surface area contributed by atoms with Gasteiger partial charge >= 0.3 is 0 Å². The van der Waals surface area contributed by atoms with Crippen LogP contribution in [-0.4, -0.2) is 48.6 Å². The fourth-order valence-corrected chi connectivity index (χ4v) is 2.75. The molecule has 0 saturated carbocycles. The van der Waals surface area contributed by atoms with Crippen LogP contribution in [0.25, 0.3) is 0 Å². The summed E-state index contributed by atoms with van der Waals surface area (Å²) in [6.07, 6.45) is 0.515. The van der Waals surface area contributed by atoms with E-state index in [1.165, 1.54) is 11.0 Å². The zero-order chi connectivity index (χ0) is 17.8. The van der Waals surface area contributed by atoms with Gasteiger partial charge in [0.1, 0.15) is 18.1 Å². The SMILES string of the molecule is COc1ccc(N2CCN(C(=O)CCc3cc(=O)[nH]o3)CC2=O)cc1. The van der Waals surface area contributed by atoms with E-state index in [-0.39, 0.29) is 30.3 Å². The number of H-pyrrole nitrogens is 1. The molecular formula is C17H19N3O5. The number of amides is 2. The number of aromatic nitrogens is 1. The molecule has 1 aliphatic heterocycles. The van der Waals surface area contributed by atoms with Gasteiger partial charge in [-0.3, -0.25) is 14.4 Å². The van der Waals surface area contributed by atoms with Crippen molar-refractivity contribution in [2.45, 2.75) is 12.8 Å². The number of nitrogens with one attached hydrogen (secondary N) is 1. The second kappa shape index (κ2) is 7.25. The highest BCUT2D eigenvalue weighted by atomic mass is 16.5. The van der Waals surface area contributed by atoms with E-state index in [1.54, 1.807) is 24.1 Å². The van der Waals surface area contributed by atoms with Crippen molar-refractivity contribution in [1.82, 2.24) is 10.1 Å². The van der Waals surface area contributed by atoms with Gasteiger partial charge in [-0.25, -0.2) is 0 Å². The molecule has 8 heteroatoms. The lowest BCUT2D eigenvalue weighted by atomic mass is 10.2. The molecule has 0 bridgehead atoms. The largest absolute Gasteiger partial charge is 0.497 e. The van der Waals surface area contributed by atoms with Crippen molar-refractivity contribution in [2.75, 3.05) is 31.6 Å². The van der Waals surface area contributed by atoms with Gasteiger partial charge in [0.15, 0.2) is 0 Å². The summed E-state index contributed by atoms with van der Waals surface area (Å²) in [5.74, 6) is 0.896. The molecule has 1 N–H and O–H groups in total. The fraction of sp³-hybridized carbons (Fsp3) is 0.353. The Hall–Kier alpha value is -3.03. The molecule has 0 spiro atoms. The predicted octanol–water partition coefficient (Wildman–Crippen LogP) is 0.784. The molecule has 25 heavy (non-hydrogen) atoms. The van der Waals surface area contributed by atoms with Gasteiger partial charge in [-0.05, 0) is 24.3 Å². The first kappa shape index (κ1) is 16.8. The van der Waals surface area contributed by atoms with Gasteiger partial charge in [0.05, 0.1) is 7.11 Å². The second-order valence-corrected chi connectivity index (χ2v) is 5.74. The molecule has 0 unspecified atom stereocenters. The molecule has 0 aliphatic carbocycles. The Labute approximate surface area is 143 Å². The number of piperazine rings is 1. The minimum absolute atomic E-state index is 0.0436. The molecule has 3 rings (SSSR count). The number of aryl methyl sites for hydroxylation is 1. The minimum Gasteiger partial charge on any atom is -0.497 e. The molecule has 1 fully saturated rings. The van der Waals surface area contributed by atoms with Crippen LogP contribution in [0.3, 0.4) is 0 Å². The van der Waals surface area contributed by atoms with Crippen LogP contribution >= 0.6 is 0 Å². The molecule has 2 aromatic rings. The van der Waals surface area contributed by atoms with E-state index in [0.29, 0.717) is 25.3 Å². The molecule has 2 amide bonds. The minimum atomic E-state index is -0.328. The zero-order valence-corrected chi connectivity index (χ0v) is 13.9. The normalized spacial score (nSPS) is 14.7. The van der Waals surface area contributed by atoms with Crippen LogP contribution in [0.2, 0.25) is 0 Å². The maximum atomic E-state index is 12.4. The van der Waals surface area contributed by atoms with Crippen LogP contribution in [0.5, 0.6) is 5.75 Å². The second-order valence-electron chi connectivity index (χ2n) is 5.74. The number of hydrogen-bond donors (Lipinski definition) is 1. The van der Waals surface area contributed by atoms with Crippen LogP contribution in [-0.2, 0) is 16.0 Å².